The molecule has 0 bridgehead atoms. The van der Waals surface area contributed by atoms with E-state index < -0.39 is 0 Å². The van der Waals surface area contributed by atoms with E-state index in [1.165, 1.54) is 10.6 Å². The molecule has 0 aliphatic carbocycles. The van der Waals surface area contributed by atoms with Crippen molar-refractivity contribution in [3.63, 3.8) is 0 Å². The molecule has 0 saturated heterocycles. The van der Waals surface area contributed by atoms with E-state index in [-0.39, 0.29) is 11.3 Å². The van der Waals surface area contributed by atoms with E-state index in [9.17, 15) is 4.79 Å². The van der Waals surface area contributed by atoms with Crippen LogP contribution in [0.2, 0.25) is 5.02 Å². The van der Waals surface area contributed by atoms with E-state index in [2.05, 4.69) is 44.8 Å². The van der Waals surface area contributed by atoms with Crippen molar-refractivity contribution in [3.8, 4) is 5.75 Å². The molecule has 0 atom stereocenters. The Morgan fingerprint density at radius 2 is 2.07 bits per heavy atom. The van der Waals surface area contributed by atoms with Crippen LogP contribution in [0, 0.1) is 5.41 Å². The van der Waals surface area contributed by atoms with Crippen molar-refractivity contribution in [3.05, 3.63) is 44.9 Å². The quantitative estimate of drug-likeness (QED) is 0.564. The number of nitrogens with one attached hydrogen (secondary N) is 1. The van der Waals surface area contributed by atoms with Crippen LogP contribution in [0.5, 0.6) is 5.75 Å². The third kappa shape index (κ3) is 5.45. The van der Waals surface area contributed by atoms with Gasteiger partial charge in [0.1, 0.15) is 5.75 Å². The first-order chi connectivity index (χ1) is 12.7. The van der Waals surface area contributed by atoms with Gasteiger partial charge in [-0.1, -0.05) is 57.5 Å². The van der Waals surface area contributed by atoms with Gasteiger partial charge in [-0.25, -0.2) is 0 Å². The van der Waals surface area contributed by atoms with Crippen LogP contribution in [0.4, 0.5) is 5.69 Å². The predicted molar refractivity (Wildman–Crippen MR) is 116 cm³/mol. The molecule has 1 aromatic rings. The van der Waals surface area contributed by atoms with Crippen LogP contribution >= 0.6 is 23.4 Å². The molecule has 148 valence electrons. The average Bonchev–Trinajstić information content (AvgIpc) is 2.89. The van der Waals surface area contributed by atoms with Crippen molar-refractivity contribution in [2.75, 3.05) is 19.0 Å². The molecule has 1 N–H and O–H groups in total. The highest BCUT2D eigenvalue weighted by molar-refractivity contribution is 8.07. The first-order valence-corrected chi connectivity index (χ1v) is 10.4. The van der Waals surface area contributed by atoms with E-state index in [1.54, 1.807) is 43.1 Å². The van der Waals surface area contributed by atoms with Crippen LogP contribution in [0.15, 0.2) is 39.9 Å². The molecule has 2 rings (SSSR count). The van der Waals surface area contributed by atoms with Gasteiger partial charge in [0.05, 0.1) is 17.8 Å². The highest BCUT2D eigenvalue weighted by atomic mass is 35.5. The maximum Gasteiger partial charge on any atom is 0.251 e. The number of hydrogen-bond acceptors (Lipinski definition) is 4. The monoisotopic (exact) mass is 408 g/mol. The number of thioether (sulfide) groups is 1. The Hall–Kier alpha value is -1.59. The Kier molecular flexibility index (Phi) is 7.29. The van der Waals surface area contributed by atoms with E-state index in [0.717, 1.165) is 24.4 Å². The van der Waals surface area contributed by atoms with E-state index >= 15 is 0 Å². The largest absolute Gasteiger partial charge is 0.495 e. The van der Waals surface area contributed by atoms with Gasteiger partial charge < -0.3 is 15.0 Å². The summed E-state index contributed by atoms with van der Waals surface area (Å²) in [6, 6.07) is 5.17. The minimum atomic E-state index is -0.192. The van der Waals surface area contributed by atoms with E-state index in [1.807, 2.05) is 0 Å². The maximum absolute atomic E-state index is 12.7. The summed E-state index contributed by atoms with van der Waals surface area (Å²) in [6.45, 7) is 11.8. The first kappa shape index (κ1) is 21.7. The Bertz CT molecular complexity index is 766. The van der Waals surface area contributed by atoms with Gasteiger partial charge in [0.2, 0.25) is 0 Å². The number of rotatable bonds is 6. The lowest BCUT2D eigenvalue weighted by atomic mass is 9.94. The summed E-state index contributed by atoms with van der Waals surface area (Å²) in [5, 5.41) is 4.40. The summed E-state index contributed by atoms with van der Waals surface area (Å²) in [5.74, 6) is 0.389. The minimum absolute atomic E-state index is 0.0431. The van der Waals surface area contributed by atoms with Crippen molar-refractivity contribution in [2.45, 2.75) is 47.5 Å². The minimum Gasteiger partial charge on any atom is -0.495 e. The zero-order chi connectivity index (χ0) is 20.2. The summed E-state index contributed by atoms with van der Waals surface area (Å²) < 4.78 is 5.31. The Labute approximate surface area is 172 Å². The zero-order valence-electron chi connectivity index (χ0n) is 17.0. The highest BCUT2D eigenvalue weighted by Crippen LogP contribution is 2.49. The molecule has 1 aliphatic rings. The molecule has 1 amide bonds. The van der Waals surface area contributed by atoms with Crippen LogP contribution in [0.1, 0.15) is 47.5 Å². The van der Waals surface area contributed by atoms with Gasteiger partial charge in [-0.3, -0.25) is 4.79 Å². The van der Waals surface area contributed by atoms with E-state index in [4.69, 9.17) is 16.3 Å². The molecule has 0 radical (unpaired) electrons. The van der Waals surface area contributed by atoms with E-state index in [0.29, 0.717) is 16.5 Å². The number of amides is 1. The molecule has 1 aromatic carbocycles. The van der Waals surface area contributed by atoms with Crippen molar-refractivity contribution >= 4 is 35.0 Å². The molecular weight excluding hydrogens is 380 g/mol. The third-order valence-corrected chi connectivity index (χ3v) is 6.19. The maximum atomic E-state index is 12.7. The molecule has 0 saturated carbocycles. The topological polar surface area (TPSA) is 41.6 Å². The number of unbranched alkanes of at least 4 members (excludes halogenated alkanes) is 1. The smallest absolute Gasteiger partial charge is 0.251 e. The van der Waals surface area contributed by atoms with Gasteiger partial charge in [0.15, 0.2) is 0 Å². The number of ether oxygens (including phenoxy) is 1. The summed E-state index contributed by atoms with van der Waals surface area (Å²) in [7, 11) is 1.57. The molecule has 0 spiro atoms. The van der Waals surface area contributed by atoms with Crippen molar-refractivity contribution < 1.29 is 9.53 Å². The van der Waals surface area contributed by atoms with Gasteiger partial charge in [-0.2, -0.15) is 0 Å². The number of benzene rings is 1. The first-order valence-electron chi connectivity index (χ1n) is 9.20. The Balaban J connectivity index is 2.26. The number of allylic oxidation sites excluding steroid dienone is 2. The fourth-order valence-corrected chi connectivity index (χ4v) is 4.43. The lowest BCUT2D eigenvalue weighted by molar-refractivity contribution is -0.112. The summed E-state index contributed by atoms with van der Waals surface area (Å²) in [5.41, 5.74) is 1.84. The molecule has 1 heterocycles. The molecular formula is C21H29ClN2O2S. The summed E-state index contributed by atoms with van der Waals surface area (Å²) in [6.07, 6.45) is 3.86. The number of carbonyl (C=O) groups excluding carboxylic acids is 1. The van der Waals surface area contributed by atoms with Gasteiger partial charge in [0, 0.05) is 28.2 Å². The fourth-order valence-electron chi connectivity index (χ4n) is 2.98. The molecule has 0 unspecified atom stereocenters. The van der Waals surface area contributed by atoms with Crippen molar-refractivity contribution in [1.29, 1.82) is 0 Å². The number of hydrogen-bond donors (Lipinski definition) is 1. The van der Waals surface area contributed by atoms with Gasteiger partial charge >= 0.3 is 0 Å². The zero-order valence-corrected chi connectivity index (χ0v) is 18.6. The standard InChI is InChI=1S/C21H29ClN2O2S/c1-7-8-11-24-14(2)20(21(3,4)5)27-19(24)13-18(25)23-16-12-15(22)9-10-17(16)26-6/h9-10,12-13H,7-8,11H2,1-6H3,(H,23,25). The number of anilines is 1. The molecule has 4 nitrogen and oxygen atoms in total. The van der Waals surface area contributed by atoms with Crippen LogP contribution in [-0.2, 0) is 4.79 Å². The second-order valence-corrected chi connectivity index (χ2v) is 9.06. The normalized spacial score (nSPS) is 16.3. The SMILES string of the molecule is CCCCN1C(=CC(=O)Nc2cc(Cl)ccc2OC)SC(C(C)(C)C)=C1C. The number of halogens is 1. The lowest BCUT2D eigenvalue weighted by Gasteiger charge is -2.22. The average molecular weight is 409 g/mol. The van der Waals surface area contributed by atoms with Gasteiger partial charge in [-0.15, -0.1) is 0 Å². The Morgan fingerprint density at radius 1 is 1.37 bits per heavy atom. The molecule has 0 fully saturated rings. The van der Waals surface area contributed by atoms with Gasteiger partial charge in [-0.05, 0) is 37.0 Å². The van der Waals surface area contributed by atoms with Gasteiger partial charge in [0.25, 0.3) is 5.91 Å². The number of nitrogens with zero attached hydrogens (tertiary/aromatic N) is 1. The molecule has 6 heteroatoms. The van der Waals surface area contributed by atoms with Crippen LogP contribution < -0.4 is 10.1 Å². The van der Waals surface area contributed by atoms with Crippen molar-refractivity contribution in [1.82, 2.24) is 4.90 Å². The third-order valence-electron chi connectivity index (χ3n) is 4.30. The van der Waals surface area contributed by atoms with Crippen molar-refractivity contribution in [2.24, 2.45) is 5.41 Å². The lowest BCUT2D eigenvalue weighted by Crippen LogP contribution is -2.20. The second-order valence-electron chi connectivity index (χ2n) is 7.59. The fraction of sp³-hybridized carbons (Fsp3) is 0.476. The predicted octanol–water partition coefficient (Wildman–Crippen LogP) is 6.26. The molecule has 1 aliphatic heterocycles. The second kappa shape index (κ2) is 9.07. The number of carbonyl (C=O) groups is 1. The summed E-state index contributed by atoms with van der Waals surface area (Å²) >= 11 is 7.74. The van der Waals surface area contributed by atoms with Crippen LogP contribution in [-0.4, -0.2) is 24.5 Å². The van der Waals surface area contributed by atoms with Crippen LogP contribution in [0.3, 0.4) is 0 Å². The number of methoxy groups -OCH3 is 1. The highest BCUT2D eigenvalue weighted by Gasteiger charge is 2.32. The summed E-state index contributed by atoms with van der Waals surface area (Å²) in [4.78, 5) is 16.2. The Morgan fingerprint density at radius 3 is 2.67 bits per heavy atom. The van der Waals surface area contributed by atoms with Crippen LogP contribution in [0.25, 0.3) is 0 Å². The molecule has 0 aromatic heterocycles. The molecule has 27 heavy (non-hydrogen) atoms.